The van der Waals surface area contributed by atoms with Crippen LogP contribution in [0.3, 0.4) is 0 Å². The number of halogens is 2. The van der Waals surface area contributed by atoms with Crippen molar-refractivity contribution in [1.82, 2.24) is 10.8 Å². The molecule has 1 aliphatic rings. The lowest BCUT2D eigenvalue weighted by atomic mass is 9.97. The molecule has 12 heteroatoms. The second-order valence-electron chi connectivity index (χ2n) is 3.98. The van der Waals surface area contributed by atoms with Crippen molar-refractivity contribution in [3.63, 3.8) is 0 Å². The Kier molecular flexibility index (Phi) is 4.86. The van der Waals surface area contributed by atoms with Gasteiger partial charge in [-0.2, -0.15) is 14.0 Å². The first kappa shape index (κ1) is 16.9. The maximum atomic E-state index is 13.8. The number of aliphatic hydroxyl groups excluding tert-OH is 2. The van der Waals surface area contributed by atoms with Crippen molar-refractivity contribution in [2.24, 2.45) is 4.99 Å². The fourth-order valence-electron chi connectivity index (χ4n) is 1.52. The molecule has 116 valence electrons. The zero-order valence-corrected chi connectivity index (χ0v) is 10.3. The molecule has 0 bridgehead atoms. The molecule has 0 saturated carbocycles. The Labute approximate surface area is 116 Å². The number of hydrogen-bond donors (Lipinski definition) is 7. The first-order valence-corrected chi connectivity index (χ1v) is 5.37. The van der Waals surface area contributed by atoms with Crippen molar-refractivity contribution < 1.29 is 28.9 Å². The monoisotopic (exact) mass is 306 g/mol. The second kappa shape index (κ2) is 6.06. The molecule has 1 rings (SSSR count). The molecule has 0 aromatic heterocycles. The van der Waals surface area contributed by atoms with Crippen molar-refractivity contribution in [1.29, 1.82) is 16.1 Å². The Morgan fingerprint density at radius 3 is 2.57 bits per heavy atom. The number of hydrogen-bond acceptors (Lipinski definition) is 8. The van der Waals surface area contributed by atoms with E-state index in [1.54, 1.807) is 0 Å². The van der Waals surface area contributed by atoms with E-state index in [0.29, 0.717) is 6.21 Å². The average Bonchev–Trinajstić information content (AvgIpc) is 2.67. The van der Waals surface area contributed by atoms with Gasteiger partial charge in [0.25, 0.3) is 0 Å². The number of alkyl halides is 2. The van der Waals surface area contributed by atoms with Gasteiger partial charge < -0.3 is 25.7 Å². The van der Waals surface area contributed by atoms with Crippen LogP contribution in [0.25, 0.3) is 0 Å². The summed E-state index contributed by atoms with van der Waals surface area (Å²) in [5.74, 6) is -5.40. The Morgan fingerprint density at radius 1 is 1.57 bits per heavy atom. The van der Waals surface area contributed by atoms with E-state index in [9.17, 15) is 13.9 Å². The Balaban J connectivity index is 3.10. The number of guanidine groups is 1. The molecule has 10 nitrogen and oxygen atoms in total. The molecule has 0 amide bonds. The molecule has 0 aromatic carbocycles. The topological polar surface area (TPSA) is 178 Å². The number of ether oxygens (including phenoxy) is 1. The maximum Gasteiger partial charge on any atom is 0.323 e. The van der Waals surface area contributed by atoms with Crippen molar-refractivity contribution in [2.45, 2.75) is 23.9 Å². The smallest absolute Gasteiger partial charge is 0.323 e. The van der Waals surface area contributed by atoms with Gasteiger partial charge in [0, 0.05) is 0 Å². The molecule has 0 radical (unpaired) electrons. The van der Waals surface area contributed by atoms with Crippen LogP contribution < -0.4 is 10.8 Å². The molecule has 0 aromatic rings. The van der Waals surface area contributed by atoms with Crippen LogP contribution in [-0.4, -0.2) is 63.9 Å². The van der Waals surface area contributed by atoms with Crippen LogP contribution >= 0.6 is 0 Å². The third kappa shape index (κ3) is 2.95. The molecule has 1 aliphatic heterocycles. The largest absolute Gasteiger partial charge is 0.392 e. The molecule has 3 atom stereocenters. The third-order valence-corrected chi connectivity index (χ3v) is 2.63. The van der Waals surface area contributed by atoms with Crippen molar-refractivity contribution in [2.75, 3.05) is 6.61 Å². The van der Waals surface area contributed by atoms with Gasteiger partial charge >= 0.3 is 5.92 Å². The van der Waals surface area contributed by atoms with E-state index >= 15 is 0 Å². The Morgan fingerprint density at radius 2 is 2.19 bits per heavy atom. The summed E-state index contributed by atoms with van der Waals surface area (Å²) in [4.78, 5) is 3.18. The minimum Gasteiger partial charge on any atom is -0.392 e. The summed E-state index contributed by atoms with van der Waals surface area (Å²) in [5.41, 5.74) is -1.20. The highest BCUT2D eigenvalue weighted by Crippen LogP contribution is 2.42. The molecule has 7 N–H and O–H groups in total. The lowest BCUT2D eigenvalue weighted by Crippen LogP contribution is -2.48. The Bertz CT molecular complexity index is 507. The molecular formula is C9H12F2N6O4. The number of nitrogens with one attached hydrogen (secondary N) is 4. The second-order valence-corrected chi connectivity index (χ2v) is 3.98. The quantitative estimate of drug-likeness (QED) is 0.181. The van der Waals surface area contributed by atoms with E-state index < -0.39 is 42.3 Å². The number of nitriles is 1. The number of nitrogens with zero attached hydrogens (tertiary/aromatic N) is 2. The summed E-state index contributed by atoms with van der Waals surface area (Å²) < 4.78 is 32.2. The van der Waals surface area contributed by atoms with Crippen LogP contribution in [0.1, 0.15) is 0 Å². The molecule has 1 saturated heterocycles. The van der Waals surface area contributed by atoms with E-state index in [-0.39, 0.29) is 0 Å². The fourth-order valence-corrected chi connectivity index (χ4v) is 1.52. The first-order valence-electron chi connectivity index (χ1n) is 5.37. The summed E-state index contributed by atoms with van der Waals surface area (Å²) in [7, 11) is 0. The zero-order valence-electron chi connectivity index (χ0n) is 10.3. The van der Waals surface area contributed by atoms with Gasteiger partial charge in [0.2, 0.25) is 17.8 Å². The summed E-state index contributed by atoms with van der Waals surface area (Å²) in [6.07, 6.45) is -4.54. The molecule has 0 spiro atoms. The molecule has 1 heterocycles. The minimum atomic E-state index is -4.03. The third-order valence-electron chi connectivity index (χ3n) is 2.63. The lowest BCUT2D eigenvalue weighted by Gasteiger charge is -2.21. The highest BCUT2D eigenvalue weighted by atomic mass is 19.3. The van der Waals surface area contributed by atoms with Crippen LogP contribution in [0.2, 0.25) is 0 Å². The van der Waals surface area contributed by atoms with Gasteiger partial charge in [0.15, 0.2) is 6.10 Å². The lowest BCUT2D eigenvalue weighted by molar-refractivity contribution is -0.110. The highest BCUT2D eigenvalue weighted by Gasteiger charge is 2.67. The van der Waals surface area contributed by atoms with Crippen molar-refractivity contribution >= 4 is 18.0 Å². The van der Waals surface area contributed by atoms with E-state index in [0.717, 1.165) is 0 Å². The minimum absolute atomic E-state index is 0.503. The van der Waals surface area contributed by atoms with E-state index in [2.05, 4.69) is 9.73 Å². The van der Waals surface area contributed by atoms with E-state index in [1.807, 2.05) is 5.32 Å². The molecule has 21 heavy (non-hydrogen) atoms. The number of aliphatic imine (C=N–C) groups is 1. The van der Waals surface area contributed by atoms with Crippen LogP contribution in [0.5, 0.6) is 0 Å². The van der Waals surface area contributed by atoms with E-state index in [1.165, 1.54) is 11.5 Å². The number of aliphatic hydroxyl groups is 2. The Hall–Kier alpha value is -2.20. The first-order chi connectivity index (χ1) is 9.77. The SMILES string of the molecule is N#C[C@]1(CO)O[C@@H](N=C(NO)NC(=N)C=N)C(F)(F)[C@@H]1O. The van der Waals surface area contributed by atoms with Gasteiger partial charge in [0.05, 0.1) is 12.8 Å². The molecular weight excluding hydrogens is 294 g/mol. The number of amidine groups is 1. The summed E-state index contributed by atoms with van der Waals surface area (Å²) in [5, 5.41) is 51.7. The van der Waals surface area contributed by atoms with Crippen molar-refractivity contribution in [3.05, 3.63) is 0 Å². The van der Waals surface area contributed by atoms with Crippen LogP contribution in [0.15, 0.2) is 4.99 Å². The normalized spacial score (nSPS) is 31.3. The van der Waals surface area contributed by atoms with Gasteiger partial charge in [-0.1, -0.05) is 0 Å². The predicted octanol–water partition coefficient (Wildman–Crippen LogP) is -1.86. The summed E-state index contributed by atoms with van der Waals surface area (Å²) in [6, 6.07) is 1.25. The highest BCUT2D eigenvalue weighted by molar-refractivity contribution is 6.30. The van der Waals surface area contributed by atoms with Gasteiger partial charge in [-0.3, -0.25) is 10.6 Å². The zero-order chi connectivity index (χ0) is 16.3. The summed E-state index contributed by atoms with van der Waals surface area (Å²) >= 11 is 0. The van der Waals surface area contributed by atoms with Crippen molar-refractivity contribution in [3.8, 4) is 6.07 Å². The van der Waals surface area contributed by atoms with Gasteiger partial charge in [-0.15, -0.1) is 0 Å². The van der Waals surface area contributed by atoms with Gasteiger partial charge in [-0.25, -0.2) is 10.5 Å². The maximum absolute atomic E-state index is 13.8. The number of hydroxylamine groups is 1. The van der Waals surface area contributed by atoms with Gasteiger partial charge in [0.1, 0.15) is 11.9 Å². The molecule has 0 unspecified atom stereocenters. The fraction of sp³-hybridized carbons (Fsp3) is 0.556. The number of rotatable bonds is 3. The molecule has 0 aliphatic carbocycles. The van der Waals surface area contributed by atoms with Crippen LogP contribution in [0.4, 0.5) is 8.78 Å². The molecule has 1 fully saturated rings. The van der Waals surface area contributed by atoms with Gasteiger partial charge in [-0.05, 0) is 0 Å². The standard InChI is InChI=1S/C9H12F2N6O4/c10-9(11)5(19)8(2-13,3-18)21-6(9)16-7(17-20)15-4(14)1-12/h1,5-6,12,18-20H,3H2,(H3,14,15,16,17)/t5-,6-,8-/m1/s1. The van der Waals surface area contributed by atoms with E-state index in [4.69, 9.17) is 26.4 Å². The van der Waals surface area contributed by atoms with Crippen LogP contribution in [-0.2, 0) is 4.74 Å². The predicted molar refractivity (Wildman–Crippen MR) is 63.3 cm³/mol. The van der Waals surface area contributed by atoms with Crippen LogP contribution in [0, 0.1) is 22.1 Å². The average molecular weight is 306 g/mol. The summed E-state index contributed by atoms with van der Waals surface area (Å²) in [6.45, 7) is -1.20.